The van der Waals surface area contributed by atoms with Gasteiger partial charge in [-0.05, 0) is 11.8 Å². The lowest BCUT2D eigenvalue weighted by molar-refractivity contribution is -0.125. The molecule has 0 bridgehead atoms. The van der Waals surface area contributed by atoms with Gasteiger partial charge in [0.25, 0.3) is 0 Å². The lowest BCUT2D eigenvalue weighted by Gasteiger charge is -2.26. The third kappa shape index (κ3) is 5.35. The molecule has 6 heteroatoms. The molecule has 18 heavy (non-hydrogen) atoms. The molecular weight excluding hydrogens is 234 g/mol. The van der Waals surface area contributed by atoms with Crippen molar-refractivity contribution in [1.29, 1.82) is 0 Å². The Balaban J connectivity index is 4.69. The number of nitrogens with two attached hydrogens (primary N) is 1. The van der Waals surface area contributed by atoms with Gasteiger partial charge in [0.2, 0.25) is 5.91 Å². The van der Waals surface area contributed by atoms with Crippen molar-refractivity contribution in [3.8, 4) is 0 Å². The number of aliphatic hydroxyl groups excluding tert-OH is 1. The summed E-state index contributed by atoms with van der Waals surface area (Å²) in [4.78, 5) is 23.0. The highest BCUT2D eigenvalue weighted by atomic mass is 16.3. The number of rotatable bonds is 7. The lowest BCUT2D eigenvalue weighted by Crippen LogP contribution is -2.55. The van der Waals surface area contributed by atoms with Crippen LogP contribution in [0, 0.1) is 11.8 Å². The second-order valence-electron chi connectivity index (χ2n) is 4.91. The molecule has 0 saturated heterocycles. The van der Waals surface area contributed by atoms with Crippen LogP contribution in [-0.4, -0.2) is 35.7 Å². The molecule has 6 nitrogen and oxygen atoms in total. The van der Waals surface area contributed by atoms with Crippen LogP contribution in [0.2, 0.25) is 0 Å². The molecule has 0 aliphatic heterocycles. The van der Waals surface area contributed by atoms with Crippen molar-refractivity contribution in [2.24, 2.45) is 17.6 Å². The van der Waals surface area contributed by atoms with Crippen molar-refractivity contribution in [1.82, 2.24) is 10.6 Å². The predicted molar refractivity (Wildman–Crippen MR) is 69.8 cm³/mol. The first-order valence-corrected chi connectivity index (χ1v) is 6.30. The van der Waals surface area contributed by atoms with Crippen LogP contribution in [0.1, 0.15) is 34.1 Å². The van der Waals surface area contributed by atoms with Gasteiger partial charge < -0.3 is 21.5 Å². The van der Waals surface area contributed by atoms with Gasteiger partial charge in [0.1, 0.15) is 6.04 Å². The van der Waals surface area contributed by atoms with E-state index in [4.69, 9.17) is 5.73 Å². The summed E-state index contributed by atoms with van der Waals surface area (Å²) in [6, 6.07) is -1.71. The van der Waals surface area contributed by atoms with E-state index in [-0.39, 0.29) is 30.4 Å². The third-order valence-electron chi connectivity index (χ3n) is 3.12. The first kappa shape index (κ1) is 16.7. The van der Waals surface area contributed by atoms with Gasteiger partial charge in [-0.3, -0.25) is 4.79 Å². The molecule has 0 rings (SSSR count). The van der Waals surface area contributed by atoms with Gasteiger partial charge in [-0.2, -0.15) is 0 Å². The average molecular weight is 259 g/mol. The van der Waals surface area contributed by atoms with Crippen molar-refractivity contribution >= 4 is 11.9 Å². The number of carbonyl (C=O) groups excluding carboxylic acids is 2. The maximum atomic E-state index is 12.1. The minimum Gasteiger partial charge on any atom is -0.394 e. The summed E-state index contributed by atoms with van der Waals surface area (Å²) in [7, 11) is 0. The number of amides is 3. The topological polar surface area (TPSA) is 104 Å². The molecule has 5 N–H and O–H groups in total. The Morgan fingerprint density at radius 3 is 2.11 bits per heavy atom. The maximum Gasteiger partial charge on any atom is 0.312 e. The van der Waals surface area contributed by atoms with Gasteiger partial charge >= 0.3 is 6.03 Å². The quantitative estimate of drug-likeness (QED) is 0.525. The van der Waals surface area contributed by atoms with Gasteiger partial charge in [-0.1, -0.05) is 34.1 Å². The zero-order valence-electron chi connectivity index (χ0n) is 11.6. The Morgan fingerprint density at radius 1 is 1.22 bits per heavy atom. The van der Waals surface area contributed by atoms with Gasteiger partial charge in [0, 0.05) is 0 Å². The first-order valence-electron chi connectivity index (χ1n) is 6.30. The molecule has 0 radical (unpaired) electrons. The van der Waals surface area contributed by atoms with Crippen molar-refractivity contribution < 1.29 is 14.7 Å². The van der Waals surface area contributed by atoms with Crippen LogP contribution in [0.3, 0.4) is 0 Å². The molecule has 0 aromatic heterocycles. The monoisotopic (exact) mass is 259 g/mol. The third-order valence-corrected chi connectivity index (χ3v) is 3.12. The normalized spacial score (nSPS) is 15.9. The summed E-state index contributed by atoms with van der Waals surface area (Å²) in [6.45, 7) is 7.47. The smallest absolute Gasteiger partial charge is 0.312 e. The predicted octanol–water partition coefficient (Wildman–Crippen LogP) is 0.203. The molecule has 0 aliphatic carbocycles. The molecule has 0 aromatic rings. The maximum absolute atomic E-state index is 12.1. The van der Waals surface area contributed by atoms with E-state index in [1.165, 1.54) is 0 Å². The lowest BCUT2D eigenvalue weighted by atomic mass is 9.97. The molecule has 0 saturated carbocycles. The van der Waals surface area contributed by atoms with E-state index < -0.39 is 12.1 Å². The molecule has 0 fully saturated rings. The minimum atomic E-state index is -0.722. The van der Waals surface area contributed by atoms with Gasteiger partial charge in [0.05, 0.1) is 12.6 Å². The highest BCUT2D eigenvalue weighted by Gasteiger charge is 2.27. The van der Waals surface area contributed by atoms with Crippen molar-refractivity contribution in [3.05, 3.63) is 0 Å². The number of hydrogen-bond donors (Lipinski definition) is 4. The van der Waals surface area contributed by atoms with Crippen LogP contribution in [0.5, 0.6) is 0 Å². The van der Waals surface area contributed by atoms with Gasteiger partial charge in [0.15, 0.2) is 0 Å². The first-order chi connectivity index (χ1) is 8.33. The fourth-order valence-corrected chi connectivity index (χ4v) is 1.55. The van der Waals surface area contributed by atoms with Crippen molar-refractivity contribution in [3.63, 3.8) is 0 Å². The number of nitrogens with one attached hydrogen (secondary N) is 2. The average Bonchev–Trinajstić information content (AvgIpc) is 2.30. The van der Waals surface area contributed by atoms with Crippen molar-refractivity contribution in [2.45, 2.75) is 46.2 Å². The van der Waals surface area contributed by atoms with E-state index in [1.54, 1.807) is 0 Å². The molecular formula is C12H25N3O3. The van der Waals surface area contributed by atoms with Crippen LogP contribution < -0.4 is 16.4 Å². The SMILES string of the molecule is CCC(C)C(NC(N)=O)C(=O)NC(CO)C(C)C. The number of primary amides is 1. The van der Waals surface area contributed by atoms with Gasteiger partial charge in [-0.15, -0.1) is 0 Å². The standard InChI is InChI=1S/C12H25N3O3/c1-5-8(4)10(15-12(13)18)11(17)14-9(6-16)7(2)3/h7-10,16H,5-6H2,1-4H3,(H,14,17)(H3,13,15,18). The summed E-state index contributed by atoms with van der Waals surface area (Å²) in [5.74, 6) is -0.218. The van der Waals surface area contributed by atoms with E-state index in [2.05, 4.69) is 10.6 Å². The molecule has 0 aromatic carbocycles. The fourth-order valence-electron chi connectivity index (χ4n) is 1.55. The molecule has 106 valence electrons. The number of hydrogen-bond acceptors (Lipinski definition) is 3. The number of urea groups is 1. The Kier molecular flexibility index (Phi) is 7.35. The Hall–Kier alpha value is -1.30. The van der Waals surface area contributed by atoms with Crippen LogP contribution >= 0.6 is 0 Å². The molecule has 0 heterocycles. The Labute approximate surface area is 108 Å². The number of carbonyl (C=O) groups is 2. The van der Waals surface area contributed by atoms with Crippen LogP contribution in [0.4, 0.5) is 4.79 Å². The van der Waals surface area contributed by atoms with E-state index in [1.807, 2.05) is 27.7 Å². The highest BCUT2D eigenvalue weighted by Crippen LogP contribution is 2.09. The van der Waals surface area contributed by atoms with Crippen LogP contribution in [0.15, 0.2) is 0 Å². The second-order valence-corrected chi connectivity index (χ2v) is 4.91. The molecule has 0 aliphatic rings. The Morgan fingerprint density at radius 2 is 1.78 bits per heavy atom. The van der Waals surface area contributed by atoms with E-state index in [0.717, 1.165) is 6.42 Å². The largest absolute Gasteiger partial charge is 0.394 e. The second kappa shape index (κ2) is 7.92. The highest BCUT2D eigenvalue weighted by molar-refractivity contribution is 5.87. The fraction of sp³-hybridized carbons (Fsp3) is 0.833. The summed E-state index contributed by atoms with van der Waals surface area (Å²) < 4.78 is 0. The minimum absolute atomic E-state index is 0.0241. The molecule has 0 spiro atoms. The number of aliphatic hydroxyl groups is 1. The molecule has 3 atom stereocenters. The summed E-state index contributed by atoms with van der Waals surface area (Å²) >= 11 is 0. The van der Waals surface area contributed by atoms with Gasteiger partial charge in [-0.25, -0.2) is 4.79 Å². The summed E-state index contributed by atoms with van der Waals surface area (Å²) in [5.41, 5.74) is 5.07. The van der Waals surface area contributed by atoms with E-state index >= 15 is 0 Å². The van der Waals surface area contributed by atoms with E-state index in [9.17, 15) is 14.7 Å². The summed E-state index contributed by atoms with van der Waals surface area (Å²) in [6.07, 6.45) is 0.740. The molecule has 3 unspecified atom stereocenters. The summed E-state index contributed by atoms with van der Waals surface area (Å²) in [5, 5.41) is 14.3. The zero-order chi connectivity index (χ0) is 14.3. The van der Waals surface area contributed by atoms with Crippen LogP contribution in [0.25, 0.3) is 0 Å². The van der Waals surface area contributed by atoms with Crippen LogP contribution in [-0.2, 0) is 4.79 Å². The molecule has 3 amide bonds. The Bertz CT molecular complexity index is 282. The van der Waals surface area contributed by atoms with E-state index in [0.29, 0.717) is 0 Å². The zero-order valence-corrected chi connectivity index (χ0v) is 11.6. The van der Waals surface area contributed by atoms with Crippen molar-refractivity contribution in [2.75, 3.05) is 6.61 Å².